The SMILES string of the molecule is CCCCCCCCCCCCCCCCCCCC(=O)O[C@H](COCCCCCCCCCCCCCC)COP(=O)(O)OCCN. The molecule has 288 valence electrons. The molecule has 0 heterocycles. The van der Waals surface area contributed by atoms with Crippen molar-refractivity contribution >= 4 is 13.8 Å². The van der Waals surface area contributed by atoms with E-state index in [9.17, 15) is 14.3 Å². The summed E-state index contributed by atoms with van der Waals surface area (Å²) in [6.07, 6.45) is 36.8. The van der Waals surface area contributed by atoms with Gasteiger partial charge in [0.25, 0.3) is 0 Å². The Morgan fingerprint density at radius 2 is 0.917 bits per heavy atom. The van der Waals surface area contributed by atoms with E-state index in [4.69, 9.17) is 24.3 Å². The van der Waals surface area contributed by atoms with Crippen LogP contribution in [-0.4, -0.2) is 49.9 Å². The van der Waals surface area contributed by atoms with Gasteiger partial charge in [-0.05, 0) is 12.8 Å². The van der Waals surface area contributed by atoms with Crippen LogP contribution in [0.15, 0.2) is 0 Å². The quantitative estimate of drug-likeness (QED) is 0.0367. The molecule has 0 saturated carbocycles. The van der Waals surface area contributed by atoms with E-state index in [-0.39, 0.29) is 32.3 Å². The molecule has 0 aliphatic rings. The van der Waals surface area contributed by atoms with Crippen LogP contribution in [0.4, 0.5) is 0 Å². The predicted octanol–water partition coefficient (Wildman–Crippen LogP) is 11.7. The molecule has 48 heavy (non-hydrogen) atoms. The molecule has 0 aliphatic heterocycles. The number of unbranched alkanes of at least 4 members (excludes halogenated alkanes) is 27. The molecule has 0 radical (unpaired) electrons. The summed E-state index contributed by atoms with van der Waals surface area (Å²) in [4.78, 5) is 22.4. The fourth-order valence-corrected chi connectivity index (χ4v) is 6.76. The number of rotatable bonds is 40. The van der Waals surface area contributed by atoms with E-state index < -0.39 is 13.9 Å². The molecule has 0 bridgehead atoms. The van der Waals surface area contributed by atoms with Crippen molar-refractivity contribution in [2.75, 3.05) is 33.0 Å². The second-order valence-corrected chi connectivity index (χ2v) is 15.3. The number of nitrogens with two attached hydrogens (primary N) is 1. The molecule has 0 aromatic rings. The van der Waals surface area contributed by atoms with Gasteiger partial charge in [0.1, 0.15) is 6.10 Å². The monoisotopic (exact) mass is 706 g/mol. The number of phosphoric ester groups is 1. The average molecular weight is 706 g/mol. The zero-order valence-corrected chi connectivity index (χ0v) is 32.6. The molecule has 0 rings (SSSR count). The Bertz CT molecular complexity index is 712. The van der Waals surface area contributed by atoms with Gasteiger partial charge in [-0.15, -0.1) is 0 Å². The first-order chi connectivity index (χ1) is 23.4. The van der Waals surface area contributed by atoms with Crippen LogP contribution in [0.3, 0.4) is 0 Å². The third kappa shape index (κ3) is 36.8. The first-order valence-corrected chi connectivity index (χ1v) is 22.0. The maximum Gasteiger partial charge on any atom is 0.472 e. The van der Waals surface area contributed by atoms with Crippen LogP contribution in [0.2, 0.25) is 0 Å². The Morgan fingerprint density at radius 1 is 0.542 bits per heavy atom. The van der Waals surface area contributed by atoms with E-state index >= 15 is 0 Å². The number of ether oxygens (including phenoxy) is 2. The van der Waals surface area contributed by atoms with Gasteiger partial charge in [0.2, 0.25) is 0 Å². The fraction of sp³-hybridized carbons (Fsp3) is 0.974. The van der Waals surface area contributed by atoms with Gasteiger partial charge in [0.15, 0.2) is 0 Å². The molecule has 0 saturated heterocycles. The highest BCUT2D eigenvalue weighted by Crippen LogP contribution is 2.43. The van der Waals surface area contributed by atoms with Crippen molar-refractivity contribution < 1.29 is 32.8 Å². The minimum atomic E-state index is -4.26. The molecular weight excluding hydrogens is 625 g/mol. The summed E-state index contributed by atoms with van der Waals surface area (Å²) in [7, 11) is -4.26. The Kier molecular flexibility index (Phi) is 37.4. The summed E-state index contributed by atoms with van der Waals surface area (Å²) in [6.45, 7) is 4.97. The molecule has 2 atom stereocenters. The minimum absolute atomic E-state index is 0.0903. The predicted molar refractivity (Wildman–Crippen MR) is 201 cm³/mol. The average Bonchev–Trinajstić information content (AvgIpc) is 3.07. The van der Waals surface area contributed by atoms with Crippen molar-refractivity contribution in [3.63, 3.8) is 0 Å². The van der Waals surface area contributed by atoms with E-state index in [0.717, 1.165) is 32.1 Å². The van der Waals surface area contributed by atoms with Crippen LogP contribution in [0.1, 0.15) is 206 Å². The van der Waals surface area contributed by atoms with Gasteiger partial charge in [0.05, 0.1) is 19.8 Å². The van der Waals surface area contributed by atoms with E-state index in [1.165, 1.54) is 154 Å². The first kappa shape index (κ1) is 47.5. The van der Waals surface area contributed by atoms with E-state index in [1.807, 2.05) is 0 Å². The summed E-state index contributed by atoms with van der Waals surface area (Å²) in [5, 5.41) is 0. The lowest BCUT2D eigenvalue weighted by Gasteiger charge is -2.20. The Hall–Kier alpha value is -0.500. The molecule has 0 aliphatic carbocycles. The Morgan fingerprint density at radius 3 is 1.31 bits per heavy atom. The summed E-state index contributed by atoms with van der Waals surface area (Å²) >= 11 is 0. The van der Waals surface area contributed by atoms with Gasteiger partial charge in [-0.1, -0.05) is 187 Å². The summed E-state index contributed by atoms with van der Waals surface area (Å²) in [6, 6.07) is 0. The Labute approximate surface area is 297 Å². The third-order valence-electron chi connectivity index (χ3n) is 9.02. The largest absolute Gasteiger partial charge is 0.472 e. The van der Waals surface area contributed by atoms with Crippen LogP contribution in [0.5, 0.6) is 0 Å². The molecule has 0 fully saturated rings. The van der Waals surface area contributed by atoms with Gasteiger partial charge >= 0.3 is 13.8 Å². The van der Waals surface area contributed by atoms with Crippen LogP contribution >= 0.6 is 7.82 Å². The standard InChI is InChI=1S/C39H80NO7P/c1-3-5-7-9-11-13-15-17-18-19-20-21-22-24-26-28-30-32-39(41)47-38(37-46-48(42,43)45-35-33-40)36-44-34-31-29-27-25-23-16-14-12-10-8-6-4-2/h38H,3-37,40H2,1-2H3,(H,42,43)/t38-/m1/s1. The van der Waals surface area contributed by atoms with Gasteiger partial charge in [0, 0.05) is 19.6 Å². The van der Waals surface area contributed by atoms with Crippen molar-refractivity contribution in [2.24, 2.45) is 5.73 Å². The lowest BCUT2D eigenvalue weighted by Crippen LogP contribution is -2.28. The highest BCUT2D eigenvalue weighted by atomic mass is 31.2. The molecule has 0 spiro atoms. The zero-order valence-electron chi connectivity index (χ0n) is 31.7. The molecule has 1 unspecified atom stereocenters. The molecule has 0 aromatic heterocycles. The van der Waals surface area contributed by atoms with Crippen LogP contribution in [0, 0.1) is 0 Å². The van der Waals surface area contributed by atoms with Gasteiger partial charge in [-0.25, -0.2) is 4.57 Å². The highest BCUT2D eigenvalue weighted by Gasteiger charge is 2.25. The lowest BCUT2D eigenvalue weighted by molar-refractivity contribution is -0.154. The van der Waals surface area contributed by atoms with Crippen molar-refractivity contribution in [3.05, 3.63) is 0 Å². The number of carbonyl (C=O) groups excluding carboxylic acids is 1. The van der Waals surface area contributed by atoms with Crippen molar-refractivity contribution in [2.45, 2.75) is 213 Å². The number of carbonyl (C=O) groups is 1. The smallest absolute Gasteiger partial charge is 0.457 e. The van der Waals surface area contributed by atoms with E-state index in [0.29, 0.717) is 13.0 Å². The van der Waals surface area contributed by atoms with E-state index in [2.05, 4.69) is 13.8 Å². The normalized spacial score (nSPS) is 13.5. The van der Waals surface area contributed by atoms with Crippen molar-refractivity contribution in [1.29, 1.82) is 0 Å². The Balaban J connectivity index is 3.99. The highest BCUT2D eigenvalue weighted by molar-refractivity contribution is 7.47. The van der Waals surface area contributed by atoms with Gasteiger partial charge < -0.3 is 20.1 Å². The molecule has 3 N–H and O–H groups in total. The maximum atomic E-state index is 12.5. The van der Waals surface area contributed by atoms with Gasteiger partial charge in [-0.2, -0.15) is 0 Å². The summed E-state index contributed by atoms with van der Waals surface area (Å²) in [5.41, 5.74) is 5.36. The molecule has 0 aromatic carbocycles. The maximum absolute atomic E-state index is 12.5. The number of esters is 1. The van der Waals surface area contributed by atoms with E-state index in [1.54, 1.807) is 0 Å². The van der Waals surface area contributed by atoms with Crippen LogP contribution in [0.25, 0.3) is 0 Å². The molecular formula is C39H80NO7P. The van der Waals surface area contributed by atoms with Crippen molar-refractivity contribution in [1.82, 2.24) is 0 Å². The topological polar surface area (TPSA) is 117 Å². The summed E-state index contributed by atoms with van der Waals surface area (Å²) in [5.74, 6) is -0.325. The second kappa shape index (κ2) is 37.7. The third-order valence-corrected chi connectivity index (χ3v) is 10.0. The minimum Gasteiger partial charge on any atom is -0.457 e. The first-order valence-electron chi connectivity index (χ1n) is 20.5. The number of hydrogen-bond acceptors (Lipinski definition) is 7. The lowest BCUT2D eigenvalue weighted by atomic mass is 10.0. The van der Waals surface area contributed by atoms with Gasteiger partial charge in [-0.3, -0.25) is 13.8 Å². The zero-order chi connectivity index (χ0) is 35.2. The molecule has 0 amide bonds. The molecule has 9 heteroatoms. The molecule has 8 nitrogen and oxygen atoms in total. The number of hydrogen-bond donors (Lipinski definition) is 2. The van der Waals surface area contributed by atoms with Crippen LogP contribution < -0.4 is 5.73 Å². The number of phosphoric acid groups is 1. The fourth-order valence-electron chi connectivity index (χ4n) is 6.00. The van der Waals surface area contributed by atoms with Crippen LogP contribution in [-0.2, 0) is 27.9 Å². The van der Waals surface area contributed by atoms with Crippen molar-refractivity contribution in [3.8, 4) is 0 Å². The summed E-state index contributed by atoms with van der Waals surface area (Å²) < 4.78 is 33.3. The second-order valence-electron chi connectivity index (χ2n) is 13.9.